The maximum absolute atomic E-state index is 14.0. The molecule has 108 valence electrons. The number of hydrogen-bond donors (Lipinski definition) is 1. The monoisotopic (exact) mass is 282 g/mol. The number of carbonyl (C=O) groups excluding carboxylic acids is 1. The zero-order valence-corrected chi connectivity index (χ0v) is 10.9. The molecule has 1 saturated heterocycles. The second-order valence-corrected chi connectivity index (χ2v) is 5.26. The van der Waals surface area contributed by atoms with Gasteiger partial charge in [0.15, 0.2) is 5.82 Å². The number of carbonyl (C=O) groups is 1. The van der Waals surface area contributed by atoms with Crippen molar-refractivity contribution in [2.45, 2.75) is 31.4 Å². The van der Waals surface area contributed by atoms with Crippen LogP contribution in [0.5, 0.6) is 0 Å². The summed E-state index contributed by atoms with van der Waals surface area (Å²) >= 11 is 0. The number of hydrogen-bond acceptors (Lipinski definition) is 3. The topological polar surface area (TPSA) is 55.6 Å². The predicted molar refractivity (Wildman–Crippen MR) is 69.2 cm³/mol. The Morgan fingerprint density at radius 1 is 1.35 bits per heavy atom. The third kappa shape index (κ3) is 2.14. The third-order valence-electron chi connectivity index (χ3n) is 4.04. The van der Waals surface area contributed by atoms with Gasteiger partial charge in [-0.3, -0.25) is 4.79 Å². The molecule has 3 rings (SSSR count). The van der Waals surface area contributed by atoms with Gasteiger partial charge in [0.2, 0.25) is 0 Å². The minimum Gasteiger partial charge on any atom is -0.396 e. The highest BCUT2D eigenvalue weighted by molar-refractivity contribution is 5.95. The van der Waals surface area contributed by atoms with Gasteiger partial charge < -0.3 is 15.4 Å². The largest absolute Gasteiger partial charge is 0.396 e. The lowest BCUT2D eigenvalue weighted by Crippen LogP contribution is -2.51. The Bertz CT molecular complexity index is 550. The molecule has 1 saturated carbocycles. The fraction of sp³-hybridized carbons (Fsp3) is 0.500. The molecule has 1 aliphatic heterocycles. The highest BCUT2D eigenvalue weighted by Crippen LogP contribution is 2.31. The number of nitrogen functional groups attached to an aromatic ring is 1. The number of morpholine rings is 1. The van der Waals surface area contributed by atoms with Crippen molar-refractivity contribution in [2.24, 2.45) is 0 Å². The Hall–Kier alpha value is -1.69. The molecular weight excluding hydrogens is 266 g/mol. The Balaban J connectivity index is 1.92. The van der Waals surface area contributed by atoms with Gasteiger partial charge >= 0.3 is 0 Å². The first kappa shape index (κ1) is 13.3. The van der Waals surface area contributed by atoms with Crippen LogP contribution in [0.2, 0.25) is 0 Å². The van der Waals surface area contributed by atoms with Crippen molar-refractivity contribution in [1.82, 2.24) is 4.90 Å². The average Bonchev–Trinajstić information content (AvgIpc) is 2.90. The van der Waals surface area contributed by atoms with Crippen molar-refractivity contribution < 1.29 is 18.3 Å². The second kappa shape index (κ2) is 5.01. The lowest BCUT2D eigenvalue weighted by molar-refractivity contribution is -0.0446. The molecule has 0 spiro atoms. The first-order valence-corrected chi connectivity index (χ1v) is 6.75. The van der Waals surface area contributed by atoms with Gasteiger partial charge in [-0.25, -0.2) is 8.78 Å². The number of nitrogens with two attached hydrogens (primary N) is 1. The Kier molecular flexibility index (Phi) is 3.33. The Morgan fingerprint density at radius 2 is 2.15 bits per heavy atom. The van der Waals surface area contributed by atoms with E-state index in [2.05, 4.69) is 0 Å². The maximum atomic E-state index is 14.0. The molecule has 2 unspecified atom stereocenters. The van der Waals surface area contributed by atoms with Gasteiger partial charge in [0, 0.05) is 6.54 Å². The van der Waals surface area contributed by atoms with Gasteiger partial charge in [0.1, 0.15) is 5.82 Å². The normalized spacial score (nSPS) is 25.6. The molecule has 4 nitrogen and oxygen atoms in total. The molecule has 1 aromatic carbocycles. The summed E-state index contributed by atoms with van der Waals surface area (Å²) in [5.74, 6) is -2.06. The van der Waals surface area contributed by atoms with E-state index >= 15 is 0 Å². The summed E-state index contributed by atoms with van der Waals surface area (Å²) in [5.41, 5.74) is 4.75. The highest BCUT2D eigenvalue weighted by atomic mass is 19.1. The van der Waals surface area contributed by atoms with Crippen LogP contribution in [0.3, 0.4) is 0 Å². The van der Waals surface area contributed by atoms with Gasteiger partial charge in [0.05, 0.1) is 30.0 Å². The lowest BCUT2D eigenvalue weighted by Gasteiger charge is -2.37. The van der Waals surface area contributed by atoms with Crippen molar-refractivity contribution in [3.8, 4) is 0 Å². The molecule has 1 amide bonds. The molecule has 2 atom stereocenters. The molecule has 0 aromatic heterocycles. The van der Waals surface area contributed by atoms with Crippen LogP contribution >= 0.6 is 0 Å². The summed E-state index contributed by atoms with van der Waals surface area (Å²) in [4.78, 5) is 14.1. The number of rotatable bonds is 1. The van der Waals surface area contributed by atoms with Gasteiger partial charge in [-0.15, -0.1) is 0 Å². The van der Waals surface area contributed by atoms with E-state index in [1.54, 1.807) is 4.90 Å². The maximum Gasteiger partial charge on any atom is 0.257 e. The molecule has 1 aromatic rings. The number of anilines is 1. The number of nitrogens with zero attached hydrogens (tertiary/aromatic N) is 1. The Labute approximate surface area is 115 Å². The fourth-order valence-electron chi connectivity index (χ4n) is 3.10. The highest BCUT2D eigenvalue weighted by Gasteiger charge is 2.39. The summed E-state index contributed by atoms with van der Waals surface area (Å²) < 4.78 is 32.9. The van der Waals surface area contributed by atoms with Crippen LogP contribution < -0.4 is 5.73 Å². The van der Waals surface area contributed by atoms with E-state index in [0.29, 0.717) is 13.2 Å². The van der Waals surface area contributed by atoms with Crippen LogP contribution in [0.25, 0.3) is 0 Å². The molecular formula is C14H16F2N2O2. The number of fused-ring (bicyclic) bond motifs is 1. The van der Waals surface area contributed by atoms with Crippen molar-refractivity contribution in [3.63, 3.8) is 0 Å². The standard InChI is InChI=1S/C14H16F2N2O2/c15-8-6-9(13(16)10(17)7-8)14(19)18-4-5-20-12-3-1-2-11(12)18/h6-7,11-12H,1-5,17H2. The molecule has 2 fully saturated rings. The fourth-order valence-corrected chi connectivity index (χ4v) is 3.10. The SMILES string of the molecule is Nc1cc(F)cc(C(=O)N2CCOC3CCCC32)c1F. The summed E-state index contributed by atoms with van der Waals surface area (Å²) in [6.07, 6.45) is 2.74. The first-order valence-electron chi connectivity index (χ1n) is 6.75. The van der Waals surface area contributed by atoms with Crippen molar-refractivity contribution in [2.75, 3.05) is 18.9 Å². The first-order chi connectivity index (χ1) is 9.58. The van der Waals surface area contributed by atoms with E-state index in [9.17, 15) is 13.6 Å². The molecule has 0 radical (unpaired) electrons. The minimum absolute atomic E-state index is 0.0154. The van der Waals surface area contributed by atoms with E-state index in [1.165, 1.54) is 0 Å². The quantitative estimate of drug-likeness (QED) is 0.801. The van der Waals surface area contributed by atoms with Crippen LogP contribution in [0.1, 0.15) is 29.6 Å². The average molecular weight is 282 g/mol. The molecule has 1 heterocycles. The van der Waals surface area contributed by atoms with Gasteiger partial charge in [-0.1, -0.05) is 0 Å². The van der Waals surface area contributed by atoms with Gasteiger partial charge in [-0.2, -0.15) is 0 Å². The van der Waals surface area contributed by atoms with E-state index in [4.69, 9.17) is 10.5 Å². The van der Waals surface area contributed by atoms with Crippen LogP contribution in [0, 0.1) is 11.6 Å². The van der Waals surface area contributed by atoms with Crippen LogP contribution in [0.4, 0.5) is 14.5 Å². The van der Waals surface area contributed by atoms with Crippen molar-refractivity contribution in [3.05, 3.63) is 29.3 Å². The second-order valence-electron chi connectivity index (χ2n) is 5.26. The number of amides is 1. The smallest absolute Gasteiger partial charge is 0.257 e. The number of benzene rings is 1. The number of halogens is 2. The van der Waals surface area contributed by atoms with Crippen LogP contribution in [0.15, 0.2) is 12.1 Å². The van der Waals surface area contributed by atoms with Crippen LogP contribution in [-0.2, 0) is 4.74 Å². The number of ether oxygens (including phenoxy) is 1. The predicted octanol–water partition coefficient (Wildman–Crippen LogP) is 1.94. The summed E-state index contributed by atoms with van der Waals surface area (Å²) in [6, 6.07) is 1.75. The van der Waals surface area contributed by atoms with Gasteiger partial charge in [0.25, 0.3) is 5.91 Å². The zero-order valence-electron chi connectivity index (χ0n) is 10.9. The van der Waals surface area contributed by atoms with Gasteiger partial charge in [-0.05, 0) is 31.4 Å². The molecule has 2 N–H and O–H groups in total. The van der Waals surface area contributed by atoms with E-state index in [0.717, 1.165) is 31.4 Å². The van der Waals surface area contributed by atoms with E-state index in [-0.39, 0.29) is 23.4 Å². The molecule has 20 heavy (non-hydrogen) atoms. The van der Waals surface area contributed by atoms with E-state index < -0.39 is 17.5 Å². The van der Waals surface area contributed by atoms with Crippen molar-refractivity contribution >= 4 is 11.6 Å². The zero-order chi connectivity index (χ0) is 14.3. The van der Waals surface area contributed by atoms with Crippen molar-refractivity contribution in [1.29, 1.82) is 0 Å². The molecule has 2 aliphatic rings. The molecule has 0 bridgehead atoms. The third-order valence-corrected chi connectivity index (χ3v) is 4.04. The van der Waals surface area contributed by atoms with Crippen LogP contribution in [-0.4, -0.2) is 36.1 Å². The van der Waals surface area contributed by atoms with E-state index in [1.807, 2.05) is 0 Å². The molecule has 6 heteroatoms. The molecule has 1 aliphatic carbocycles. The Morgan fingerprint density at radius 3 is 2.95 bits per heavy atom. The summed E-state index contributed by atoms with van der Waals surface area (Å²) in [6.45, 7) is 0.829. The summed E-state index contributed by atoms with van der Waals surface area (Å²) in [5, 5.41) is 0. The minimum atomic E-state index is -0.850. The lowest BCUT2D eigenvalue weighted by atomic mass is 10.1. The summed E-state index contributed by atoms with van der Waals surface area (Å²) in [7, 11) is 0.